The second-order valence-electron chi connectivity index (χ2n) is 22.5. The summed E-state index contributed by atoms with van der Waals surface area (Å²) in [6.07, 6.45) is -19.6. The zero-order valence-corrected chi connectivity index (χ0v) is 38.7. The number of esters is 1. The van der Waals surface area contributed by atoms with Crippen LogP contribution < -0.4 is 0 Å². The third-order valence-corrected chi connectivity index (χ3v) is 19.6. The monoisotopic (exact) mass is 944 g/mol. The van der Waals surface area contributed by atoms with Crippen molar-refractivity contribution in [2.24, 2.45) is 56.7 Å². The molecule has 8 fully saturated rings. The molecule has 0 aromatic carbocycles. The van der Waals surface area contributed by atoms with Crippen molar-refractivity contribution < 1.29 is 94.5 Å². The molecule has 12 N–H and O–H groups in total. The Labute approximate surface area is 385 Å². The van der Waals surface area contributed by atoms with Gasteiger partial charge in [0.2, 0.25) is 6.29 Å². The highest BCUT2D eigenvalue weighted by molar-refractivity contribution is 5.78. The van der Waals surface area contributed by atoms with Gasteiger partial charge in [0.05, 0.1) is 31.3 Å². The average molecular weight is 945 g/mol. The molecular formula is C47H76O19. The minimum atomic E-state index is -1.98. The summed E-state index contributed by atoms with van der Waals surface area (Å²) in [6, 6.07) is 0. The summed E-state index contributed by atoms with van der Waals surface area (Å²) in [5.41, 5.74) is -0.874. The normalized spacial score (nSPS) is 56.0. The molecule has 5 aliphatic carbocycles. The number of rotatable bonds is 10. The van der Waals surface area contributed by atoms with E-state index in [1.54, 1.807) is 0 Å². The van der Waals surface area contributed by atoms with Crippen molar-refractivity contribution in [3.8, 4) is 0 Å². The third kappa shape index (κ3) is 7.68. The van der Waals surface area contributed by atoms with E-state index in [1.165, 1.54) is 0 Å². The second kappa shape index (κ2) is 18.3. The van der Waals surface area contributed by atoms with E-state index < -0.39 is 128 Å². The average Bonchev–Trinajstić information content (AvgIpc) is 3.69. The minimum Gasteiger partial charge on any atom is -0.432 e. The minimum absolute atomic E-state index is 0.0267. The van der Waals surface area contributed by atoms with Gasteiger partial charge in [0.25, 0.3) is 0 Å². The van der Waals surface area contributed by atoms with Crippen LogP contribution in [-0.2, 0) is 33.2 Å². The Morgan fingerprint density at radius 2 is 1.29 bits per heavy atom. The van der Waals surface area contributed by atoms with E-state index in [4.69, 9.17) is 28.4 Å². The zero-order chi connectivity index (χ0) is 48.2. The largest absolute Gasteiger partial charge is 0.432 e. The van der Waals surface area contributed by atoms with Crippen LogP contribution in [0.4, 0.5) is 0 Å². The molecule has 0 unspecified atom stereocenters. The molecule has 0 aromatic rings. The van der Waals surface area contributed by atoms with Crippen LogP contribution in [0.15, 0.2) is 12.2 Å². The molecular weight excluding hydrogens is 868 g/mol. The van der Waals surface area contributed by atoms with Gasteiger partial charge >= 0.3 is 5.97 Å². The summed E-state index contributed by atoms with van der Waals surface area (Å²) < 4.78 is 34.0. The van der Waals surface area contributed by atoms with Crippen molar-refractivity contribution in [3.05, 3.63) is 12.2 Å². The Hall–Kier alpha value is -1.47. The Bertz CT molecular complexity index is 1770. The van der Waals surface area contributed by atoms with Gasteiger partial charge in [-0.3, -0.25) is 4.79 Å². The predicted molar refractivity (Wildman–Crippen MR) is 227 cm³/mol. The van der Waals surface area contributed by atoms with Crippen molar-refractivity contribution in [2.45, 2.75) is 197 Å². The Balaban J connectivity index is 0.965. The van der Waals surface area contributed by atoms with Gasteiger partial charge < -0.3 is 89.7 Å². The van der Waals surface area contributed by atoms with Crippen LogP contribution in [0.2, 0.25) is 0 Å². The van der Waals surface area contributed by atoms with Gasteiger partial charge in [0.1, 0.15) is 67.1 Å². The molecule has 3 saturated heterocycles. The predicted octanol–water partition coefficient (Wildman–Crippen LogP) is -1.07. The van der Waals surface area contributed by atoms with E-state index in [9.17, 15) is 66.1 Å². The van der Waals surface area contributed by atoms with E-state index in [1.807, 2.05) is 13.8 Å². The molecule has 3 heterocycles. The van der Waals surface area contributed by atoms with E-state index >= 15 is 0 Å². The highest BCUT2D eigenvalue weighted by atomic mass is 16.8. The lowest BCUT2D eigenvalue weighted by Gasteiger charge is -2.72. The van der Waals surface area contributed by atoms with Crippen LogP contribution >= 0.6 is 0 Å². The first kappa shape index (κ1) is 50.9. The molecule has 0 spiro atoms. The number of ether oxygens (including phenoxy) is 6. The van der Waals surface area contributed by atoms with Crippen LogP contribution in [0, 0.1) is 56.7 Å². The molecule has 378 valence electrons. The fourth-order valence-electron chi connectivity index (χ4n) is 15.5. The molecule has 8 rings (SSSR count). The zero-order valence-electron chi connectivity index (χ0n) is 38.7. The fourth-order valence-corrected chi connectivity index (χ4v) is 15.5. The number of allylic oxidation sites excluding steroid dienone is 1. The van der Waals surface area contributed by atoms with Gasteiger partial charge in [-0.2, -0.15) is 0 Å². The summed E-state index contributed by atoms with van der Waals surface area (Å²) in [4.78, 5) is 14.9. The van der Waals surface area contributed by atoms with Gasteiger partial charge in [0, 0.05) is 5.41 Å². The van der Waals surface area contributed by atoms with Crippen molar-refractivity contribution in [1.29, 1.82) is 0 Å². The number of fused-ring (bicyclic) bond motifs is 7. The van der Waals surface area contributed by atoms with Crippen LogP contribution in [0.1, 0.15) is 98.8 Å². The molecule has 19 nitrogen and oxygen atoms in total. The first-order valence-electron chi connectivity index (χ1n) is 24.1. The summed E-state index contributed by atoms with van der Waals surface area (Å²) in [7, 11) is 0. The lowest BCUT2D eigenvalue weighted by Crippen LogP contribution is -2.68. The van der Waals surface area contributed by atoms with Gasteiger partial charge in [0.15, 0.2) is 18.9 Å². The van der Waals surface area contributed by atoms with Gasteiger partial charge in [-0.1, -0.05) is 39.8 Å². The van der Waals surface area contributed by atoms with Gasteiger partial charge in [-0.25, -0.2) is 0 Å². The number of hydrogen-bond acceptors (Lipinski definition) is 19. The lowest BCUT2D eigenvalue weighted by atomic mass is 9.32. The first-order chi connectivity index (χ1) is 30.9. The Morgan fingerprint density at radius 3 is 1.95 bits per heavy atom. The van der Waals surface area contributed by atoms with Crippen LogP contribution in [0.25, 0.3) is 0 Å². The van der Waals surface area contributed by atoms with Crippen LogP contribution in [-0.4, -0.2) is 185 Å². The first-order valence-corrected chi connectivity index (χ1v) is 24.1. The Morgan fingerprint density at radius 1 is 0.636 bits per heavy atom. The molecule has 0 aromatic heterocycles. The second-order valence-corrected chi connectivity index (χ2v) is 22.5. The standard InChI is InChI=1S/C47H76O19/c1-20(2)21-9-14-47(16-15-45(5)22(28(21)47)7-8-26-43(3)12-11-27(50)44(4,19-49)25(43)10-13-46(26,45)6)42(60)66-40-34(56)30(52)29(51)24(63-40)18-61-39-36(58)32(54)37(23(17-48)62-39)64-41-35(57)31(53)33(55)38(59)65-41/h21-41,48-59H,1,7-19H2,2-6H3/t21-,22+,23+,24+,25+,26+,27-,28+,29+,30-,31+,32+,33+,34+,35+,36+,37+,38+,39+,40-,41+,43-,44+,45+,46+,47-/m0/s1. The van der Waals surface area contributed by atoms with E-state index in [-0.39, 0.29) is 46.5 Å². The topological polar surface area (TPSA) is 315 Å². The van der Waals surface area contributed by atoms with Crippen molar-refractivity contribution >= 4 is 5.97 Å². The molecule has 8 aliphatic rings. The van der Waals surface area contributed by atoms with Crippen LogP contribution in [0.5, 0.6) is 0 Å². The highest BCUT2D eigenvalue weighted by Crippen LogP contribution is 2.77. The summed E-state index contributed by atoms with van der Waals surface area (Å²) >= 11 is 0. The van der Waals surface area contributed by atoms with Gasteiger partial charge in [-0.05, 0) is 117 Å². The number of carbonyl (C=O) groups excluding carboxylic acids is 1. The van der Waals surface area contributed by atoms with Crippen molar-refractivity contribution in [1.82, 2.24) is 0 Å². The highest BCUT2D eigenvalue weighted by Gasteiger charge is 2.73. The quantitative estimate of drug-likeness (QED) is 0.0916. The lowest BCUT2D eigenvalue weighted by molar-refractivity contribution is -0.380. The molecule has 0 radical (unpaired) electrons. The van der Waals surface area contributed by atoms with Crippen molar-refractivity contribution in [3.63, 3.8) is 0 Å². The Kier molecular flexibility index (Phi) is 14.1. The molecule has 3 aliphatic heterocycles. The third-order valence-electron chi connectivity index (χ3n) is 19.6. The summed E-state index contributed by atoms with van der Waals surface area (Å²) in [6.45, 7) is 14.2. The molecule has 5 saturated carbocycles. The number of carbonyl (C=O) groups is 1. The maximum absolute atomic E-state index is 14.9. The molecule has 0 amide bonds. The molecule has 0 bridgehead atoms. The fraction of sp³-hybridized carbons (Fsp3) is 0.936. The number of hydrogen-bond donors (Lipinski definition) is 12. The maximum Gasteiger partial charge on any atom is 0.314 e. The van der Waals surface area contributed by atoms with Crippen LogP contribution in [0.3, 0.4) is 0 Å². The SMILES string of the molecule is C=C(C)[C@@H]1CC[C@]2(C(=O)O[C@@H]3O[C@H](CO[C@@H]4O[C@H](CO)[C@@H](O[C@@H]5O[C@@H](O)[C@H](O)[C@@H](O)[C@H]5O)[C@H](O)[C@H]4O)[C@@H](O)[C@H](O)[C@H]3O)CC[C@]3(C)[C@H](CC[C@@H]4[C@@]5(C)CC[C@H](O)[C@](C)(CO)[C@@H]5CC[C@]43C)[C@@H]12. The molecule has 66 heavy (non-hydrogen) atoms. The number of aliphatic hydroxyl groups is 12. The van der Waals surface area contributed by atoms with E-state index in [0.29, 0.717) is 25.2 Å². The van der Waals surface area contributed by atoms with Gasteiger partial charge in [-0.15, -0.1) is 0 Å². The molecule has 19 heteroatoms. The van der Waals surface area contributed by atoms with E-state index in [2.05, 4.69) is 27.4 Å². The molecule has 26 atom stereocenters. The number of aliphatic hydroxyl groups excluding tert-OH is 12. The summed E-state index contributed by atoms with van der Waals surface area (Å²) in [5.74, 6) is -0.0172. The van der Waals surface area contributed by atoms with E-state index in [0.717, 1.165) is 50.5 Å². The summed E-state index contributed by atoms with van der Waals surface area (Å²) in [5, 5.41) is 127. The maximum atomic E-state index is 14.9. The van der Waals surface area contributed by atoms with Crippen molar-refractivity contribution in [2.75, 3.05) is 19.8 Å². The smallest absolute Gasteiger partial charge is 0.314 e.